The van der Waals surface area contributed by atoms with E-state index in [9.17, 15) is 4.79 Å². The summed E-state index contributed by atoms with van der Waals surface area (Å²) in [5.74, 6) is 0.793. The average molecular weight is 235 g/mol. The number of carbonyl (C=O) groups excluding carboxylic acids is 1. The van der Waals surface area contributed by atoms with Gasteiger partial charge in [0, 0.05) is 18.7 Å². The molecule has 1 aromatic carbocycles. The zero-order chi connectivity index (χ0) is 12.1. The predicted octanol–water partition coefficient (Wildman–Crippen LogP) is 1.56. The van der Waals surface area contributed by atoms with Crippen LogP contribution >= 0.6 is 0 Å². The fourth-order valence-corrected chi connectivity index (χ4v) is 1.83. The molecule has 0 spiro atoms. The standard InChI is InChI=1S/C13H17NO3/c1-2-17-12-5-3-4-11(10-12)13(15)14-6-8-16-9-7-14/h3-5,10H,2,6-9H2,1H3. The van der Waals surface area contributed by atoms with E-state index in [4.69, 9.17) is 9.47 Å². The highest BCUT2D eigenvalue weighted by atomic mass is 16.5. The second-order valence-corrected chi connectivity index (χ2v) is 3.87. The molecule has 0 aromatic heterocycles. The minimum Gasteiger partial charge on any atom is -0.494 e. The lowest BCUT2D eigenvalue weighted by atomic mass is 10.2. The summed E-state index contributed by atoms with van der Waals surface area (Å²) in [7, 11) is 0. The molecule has 0 radical (unpaired) electrons. The molecule has 92 valence electrons. The van der Waals surface area contributed by atoms with E-state index < -0.39 is 0 Å². The quantitative estimate of drug-likeness (QED) is 0.798. The van der Waals surface area contributed by atoms with Crippen LogP contribution in [-0.4, -0.2) is 43.7 Å². The first-order valence-electron chi connectivity index (χ1n) is 5.91. The lowest BCUT2D eigenvalue weighted by molar-refractivity contribution is 0.0302. The highest BCUT2D eigenvalue weighted by Gasteiger charge is 2.18. The Labute approximate surface area is 101 Å². The Balaban J connectivity index is 2.09. The van der Waals surface area contributed by atoms with Gasteiger partial charge in [-0.05, 0) is 25.1 Å². The molecule has 1 aromatic rings. The van der Waals surface area contributed by atoms with Crippen molar-refractivity contribution in [1.82, 2.24) is 4.90 Å². The number of benzene rings is 1. The molecule has 17 heavy (non-hydrogen) atoms. The Morgan fingerprint density at radius 1 is 1.41 bits per heavy atom. The maximum absolute atomic E-state index is 12.2. The van der Waals surface area contributed by atoms with E-state index in [2.05, 4.69) is 0 Å². The second-order valence-electron chi connectivity index (χ2n) is 3.87. The summed E-state index contributed by atoms with van der Waals surface area (Å²) in [6, 6.07) is 7.32. The monoisotopic (exact) mass is 235 g/mol. The van der Waals surface area contributed by atoms with Gasteiger partial charge in [-0.3, -0.25) is 4.79 Å². The van der Waals surface area contributed by atoms with E-state index in [1.54, 1.807) is 6.07 Å². The largest absolute Gasteiger partial charge is 0.494 e. The molecule has 1 fully saturated rings. The zero-order valence-corrected chi connectivity index (χ0v) is 10.0. The lowest BCUT2D eigenvalue weighted by Gasteiger charge is -2.26. The molecule has 1 aliphatic rings. The Bertz CT molecular complexity index is 386. The van der Waals surface area contributed by atoms with Crippen LogP contribution in [0.1, 0.15) is 17.3 Å². The smallest absolute Gasteiger partial charge is 0.254 e. The topological polar surface area (TPSA) is 38.8 Å². The Kier molecular flexibility index (Phi) is 3.98. The van der Waals surface area contributed by atoms with Gasteiger partial charge >= 0.3 is 0 Å². The summed E-state index contributed by atoms with van der Waals surface area (Å²) >= 11 is 0. The average Bonchev–Trinajstić information content (AvgIpc) is 2.40. The second kappa shape index (κ2) is 5.68. The molecule has 0 N–H and O–H groups in total. The van der Waals surface area contributed by atoms with E-state index in [1.807, 2.05) is 30.0 Å². The first-order chi connectivity index (χ1) is 8.31. The molecule has 1 amide bonds. The number of hydrogen-bond acceptors (Lipinski definition) is 3. The third kappa shape index (κ3) is 2.97. The number of ether oxygens (including phenoxy) is 2. The molecule has 1 aliphatic heterocycles. The molecule has 0 saturated carbocycles. The van der Waals surface area contributed by atoms with Crippen molar-refractivity contribution in [3.8, 4) is 5.75 Å². The molecular weight excluding hydrogens is 218 g/mol. The van der Waals surface area contributed by atoms with Crippen LogP contribution in [0, 0.1) is 0 Å². The van der Waals surface area contributed by atoms with Gasteiger partial charge in [-0.2, -0.15) is 0 Å². The van der Waals surface area contributed by atoms with Crippen LogP contribution in [0.4, 0.5) is 0 Å². The summed E-state index contributed by atoms with van der Waals surface area (Å²) in [6.45, 7) is 5.11. The summed E-state index contributed by atoms with van der Waals surface area (Å²) < 4.78 is 10.6. The van der Waals surface area contributed by atoms with Crippen molar-refractivity contribution in [2.75, 3.05) is 32.9 Å². The van der Waals surface area contributed by atoms with Gasteiger partial charge in [0.05, 0.1) is 19.8 Å². The van der Waals surface area contributed by atoms with Crippen LogP contribution < -0.4 is 4.74 Å². The normalized spacial score (nSPS) is 15.7. The number of hydrogen-bond donors (Lipinski definition) is 0. The van der Waals surface area contributed by atoms with Crippen molar-refractivity contribution in [2.45, 2.75) is 6.92 Å². The molecule has 2 rings (SSSR count). The van der Waals surface area contributed by atoms with Gasteiger partial charge in [0.1, 0.15) is 5.75 Å². The van der Waals surface area contributed by atoms with Crippen molar-refractivity contribution >= 4 is 5.91 Å². The fraction of sp³-hybridized carbons (Fsp3) is 0.462. The minimum absolute atomic E-state index is 0.0508. The number of nitrogens with zero attached hydrogens (tertiary/aromatic N) is 1. The highest BCUT2D eigenvalue weighted by molar-refractivity contribution is 5.94. The zero-order valence-electron chi connectivity index (χ0n) is 10.0. The fourth-order valence-electron chi connectivity index (χ4n) is 1.83. The molecule has 0 bridgehead atoms. The molecule has 1 saturated heterocycles. The third-order valence-corrected chi connectivity index (χ3v) is 2.69. The number of morpholine rings is 1. The van der Waals surface area contributed by atoms with Gasteiger partial charge in [-0.15, -0.1) is 0 Å². The van der Waals surface area contributed by atoms with E-state index >= 15 is 0 Å². The molecule has 4 nitrogen and oxygen atoms in total. The predicted molar refractivity (Wildman–Crippen MR) is 64.3 cm³/mol. The van der Waals surface area contributed by atoms with Crippen molar-refractivity contribution in [3.05, 3.63) is 29.8 Å². The van der Waals surface area contributed by atoms with Crippen molar-refractivity contribution < 1.29 is 14.3 Å². The summed E-state index contributed by atoms with van der Waals surface area (Å²) in [4.78, 5) is 14.0. The van der Waals surface area contributed by atoms with Crippen molar-refractivity contribution in [2.24, 2.45) is 0 Å². The van der Waals surface area contributed by atoms with E-state index in [0.29, 0.717) is 38.5 Å². The Morgan fingerprint density at radius 3 is 2.88 bits per heavy atom. The van der Waals surface area contributed by atoms with Gasteiger partial charge in [0.15, 0.2) is 0 Å². The molecular formula is C13H17NO3. The van der Waals surface area contributed by atoms with Crippen LogP contribution in [0.25, 0.3) is 0 Å². The maximum atomic E-state index is 12.2. The lowest BCUT2D eigenvalue weighted by Crippen LogP contribution is -2.40. The highest BCUT2D eigenvalue weighted by Crippen LogP contribution is 2.15. The number of carbonyl (C=O) groups is 1. The van der Waals surface area contributed by atoms with Crippen molar-refractivity contribution in [3.63, 3.8) is 0 Å². The Morgan fingerprint density at radius 2 is 2.18 bits per heavy atom. The number of rotatable bonds is 3. The van der Waals surface area contributed by atoms with Crippen LogP contribution in [0.5, 0.6) is 5.75 Å². The van der Waals surface area contributed by atoms with Gasteiger partial charge < -0.3 is 14.4 Å². The molecule has 0 unspecified atom stereocenters. The van der Waals surface area contributed by atoms with Crippen molar-refractivity contribution in [1.29, 1.82) is 0 Å². The first kappa shape index (κ1) is 11.9. The molecule has 1 heterocycles. The maximum Gasteiger partial charge on any atom is 0.254 e. The van der Waals surface area contributed by atoms with Crippen LogP contribution in [0.15, 0.2) is 24.3 Å². The minimum atomic E-state index is 0.0508. The van der Waals surface area contributed by atoms with E-state index in [-0.39, 0.29) is 5.91 Å². The SMILES string of the molecule is CCOc1cccc(C(=O)N2CCOCC2)c1. The third-order valence-electron chi connectivity index (χ3n) is 2.69. The summed E-state index contributed by atoms with van der Waals surface area (Å²) in [6.07, 6.45) is 0. The van der Waals surface area contributed by atoms with Gasteiger partial charge in [0.2, 0.25) is 0 Å². The van der Waals surface area contributed by atoms with Crippen LogP contribution in [0.2, 0.25) is 0 Å². The number of amides is 1. The van der Waals surface area contributed by atoms with Gasteiger partial charge in [0.25, 0.3) is 5.91 Å². The van der Waals surface area contributed by atoms with Gasteiger partial charge in [-0.1, -0.05) is 6.07 Å². The molecule has 4 heteroatoms. The molecule has 0 aliphatic carbocycles. The van der Waals surface area contributed by atoms with E-state index in [0.717, 1.165) is 5.75 Å². The van der Waals surface area contributed by atoms with Crippen LogP contribution in [0.3, 0.4) is 0 Å². The van der Waals surface area contributed by atoms with Gasteiger partial charge in [-0.25, -0.2) is 0 Å². The summed E-state index contributed by atoms with van der Waals surface area (Å²) in [5, 5.41) is 0. The van der Waals surface area contributed by atoms with E-state index in [1.165, 1.54) is 0 Å². The first-order valence-corrected chi connectivity index (χ1v) is 5.91. The van der Waals surface area contributed by atoms with Crippen LogP contribution in [-0.2, 0) is 4.74 Å². The Hall–Kier alpha value is -1.55. The molecule has 0 atom stereocenters. The summed E-state index contributed by atoms with van der Waals surface area (Å²) in [5.41, 5.74) is 0.679.